The van der Waals surface area contributed by atoms with Crippen LogP contribution in [0, 0.1) is 12.7 Å². The fraction of sp³-hybridized carbons (Fsp3) is 0.267. The van der Waals surface area contributed by atoms with Gasteiger partial charge in [-0.15, -0.1) is 10.2 Å². The van der Waals surface area contributed by atoms with Crippen LogP contribution in [0.1, 0.15) is 5.82 Å². The number of aromatic nitrogens is 4. The first kappa shape index (κ1) is 14.2. The van der Waals surface area contributed by atoms with Crippen molar-refractivity contribution >= 4 is 11.5 Å². The smallest absolute Gasteiger partial charge is 0.203 e. The number of halogens is 1. The Hall–Kier alpha value is -2.70. The van der Waals surface area contributed by atoms with Crippen LogP contribution in [-0.4, -0.2) is 39.8 Å². The number of fused-ring (bicyclic) bond motifs is 1. The van der Waals surface area contributed by atoms with Crippen LogP contribution in [0.5, 0.6) is 5.75 Å². The van der Waals surface area contributed by atoms with Crippen LogP contribution in [0.3, 0.4) is 0 Å². The SMILES string of the molecule is Cc1nnc2c(N(C)CCOc3cccc(F)c3)nccn12. The molecule has 0 unspecified atom stereocenters. The zero-order valence-electron chi connectivity index (χ0n) is 12.4. The molecule has 1 aromatic carbocycles. The maximum Gasteiger partial charge on any atom is 0.203 e. The lowest BCUT2D eigenvalue weighted by Gasteiger charge is -2.18. The third-order valence-electron chi connectivity index (χ3n) is 3.33. The van der Waals surface area contributed by atoms with Gasteiger partial charge in [-0.25, -0.2) is 9.37 Å². The zero-order valence-corrected chi connectivity index (χ0v) is 12.4. The molecular formula is C15H16FN5O. The highest BCUT2D eigenvalue weighted by Crippen LogP contribution is 2.16. The van der Waals surface area contributed by atoms with E-state index in [0.29, 0.717) is 24.5 Å². The summed E-state index contributed by atoms with van der Waals surface area (Å²) >= 11 is 0. The number of likely N-dealkylation sites (N-methyl/N-ethyl adjacent to an activating group) is 1. The second kappa shape index (κ2) is 5.97. The number of hydrogen-bond acceptors (Lipinski definition) is 5. The number of rotatable bonds is 5. The fourth-order valence-electron chi connectivity index (χ4n) is 2.16. The Kier molecular flexibility index (Phi) is 3.86. The Morgan fingerprint density at radius 3 is 3.00 bits per heavy atom. The van der Waals surface area contributed by atoms with E-state index in [4.69, 9.17) is 4.74 Å². The summed E-state index contributed by atoms with van der Waals surface area (Å²) in [5.41, 5.74) is 0.702. The van der Waals surface area contributed by atoms with Crippen LogP contribution in [0.4, 0.5) is 10.2 Å². The first-order valence-corrected chi connectivity index (χ1v) is 6.91. The van der Waals surface area contributed by atoms with E-state index in [1.807, 2.05) is 29.5 Å². The molecule has 2 aromatic heterocycles. The van der Waals surface area contributed by atoms with Crippen molar-refractivity contribution in [2.24, 2.45) is 0 Å². The second-order valence-corrected chi connectivity index (χ2v) is 4.92. The molecule has 0 amide bonds. The highest BCUT2D eigenvalue weighted by molar-refractivity contribution is 5.63. The van der Waals surface area contributed by atoms with Gasteiger partial charge in [-0.05, 0) is 19.1 Å². The van der Waals surface area contributed by atoms with E-state index in [-0.39, 0.29) is 5.82 Å². The normalized spacial score (nSPS) is 10.9. The van der Waals surface area contributed by atoms with E-state index in [0.717, 1.165) is 11.6 Å². The topological polar surface area (TPSA) is 55.5 Å². The van der Waals surface area contributed by atoms with Crippen molar-refractivity contribution < 1.29 is 9.13 Å². The molecule has 0 saturated carbocycles. The molecule has 0 atom stereocenters. The molecule has 0 aliphatic carbocycles. The van der Waals surface area contributed by atoms with Crippen molar-refractivity contribution in [3.8, 4) is 5.75 Å². The van der Waals surface area contributed by atoms with Gasteiger partial charge in [-0.3, -0.25) is 4.40 Å². The van der Waals surface area contributed by atoms with Gasteiger partial charge in [-0.1, -0.05) is 6.07 Å². The summed E-state index contributed by atoms with van der Waals surface area (Å²) in [6.45, 7) is 2.89. The minimum Gasteiger partial charge on any atom is -0.492 e. The molecule has 0 N–H and O–H groups in total. The number of benzene rings is 1. The Labute approximate surface area is 127 Å². The molecule has 0 aliphatic rings. The van der Waals surface area contributed by atoms with Crippen LogP contribution in [0.25, 0.3) is 5.65 Å². The van der Waals surface area contributed by atoms with Crippen LogP contribution in [-0.2, 0) is 0 Å². The molecule has 114 valence electrons. The van der Waals surface area contributed by atoms with Crippen molar-refractivity contribution in [1.29, 1.82) is 0 Å². The largest absolute Gasteiger partial charge is 0.492 e. The molecule has 7 heteroatoms. The van der Waals surface area contributed by atoms with Gasteiger partial charge in [-0.2, -0.15) is 0 Å². The molecule has 3 aromatic rings. The highest BCUT2D eigenvalue weighted by Gasteiger charge is 2.11. The predicted molar refractivity (Wildman–Crippen MR) is 80.7 cm³/mol. The average molecular weight is 301 g/mol. The number of anilines is 1. The van der Waals surface area contributed by atoms with Gasteiger partial charge in [0.05, 0.1) is 6.54 Å². The summed E-state index contributed by atoms with van der Waals surface area (Å²) in [4.78, 5) is 6.28. The molecule has 0 aliphatic heterocycles. The lowest BCUT2D eigenvalue weighted by atomic mass is 10.3. The van der Waals surface area contributed by atoms with Crippen molar-refractivity contribution in [3.63, 3.8) is 0 Å². The van der Waals surface area contributed by atoms with Gasteiger partial charge in [0.2, 0.25) is 5.65 Å². The third kappa shape index (κ3) is 2.83. The number of hydrogen-bond donors (Lipinski definition) is 0. The number of ether oxygens (including phenoxy) is 1. The average Bonchev–Trinajstić information content (AvgIpc) is 2.89. The Balaban J connectivity index is 1.67. The van der Waals surface area contributed by atoms with Crippen molar-refractivity contribution in [2.45, 2.75) is 6.92 Å². The first-order valence-electron chi connectivity index (χ1n) is 6.91. The maximum atomic E-state index is 13.1. The van der Waals surface area contributed by atoms with Crippen LogP contribution in [0.15, 0.2) is 36.7 Å². The minimum atomic E-state index is -0.309. The Morgan fingerprint density at radius 1 is 1.32 bits per heavy atom. The van der Waals surface area contributed by atoms with Crippen molar-refractivity contribution in [3.05, 3.63) is 48.3 Å². The quantitative estimate of drug-likeness (QED) is 0.722. The molecular weight excluding hydrogens is 285 g/mol. The molecule has 0 radical (unpaired) electrons. The highest BCUT2D eigenvalue weighted by atomic mass is 19.1. The van der Waals surface area contributed by atoms with Crippen LogP contribution < -0.4 is 9.64 Å². The molecule has 0 fully saturated rings. The number of nitrogens with zero attached hydrogens (tertiary/aromatic N) is 5. The maximum absolute atomic E-state index is 13.1. The lowest BCUT2D eigenvalue weighted by Crippen LogP contribution is -2.25. The van der Waals surface area contributed by atoms with E-state index in [1.165, 1.54) is 12.1 Å². The molecule has 0 bridgehead atoms. The van der Waals surface area contributed by atoms with Crippen LogP contribution in [0.2, 0.25) is 0 Å². The monoisotopic (exact) mass is 301 g/mol. The molecule has 3 rings (SSSR count). The summed E-state index contributed by atoms with van der Waals surface area (Å²) in [6, 6.07) is 6.09. The summed E-state index contributed by atoms with van der Waals surface area (Å²) in [7, 11) is 1.90. The summed E-state index contributed by atoms with van der Waals surface area (Å²) in [6.07, 6.45) is 3.54. The van der Waals surface area contributed by atoms with Gasteiger partial charge in [0.15, 0.2) is 5.82 Å². The predicted octanol–water partition coefficient (Wildman–Crippen LogP) is 2.09. The van der Waals surface area contributed by atoms with E-state index in [2.05, 4.69) is 15.2 Å². The number of aryl methyl sites for hydroxylation is 1. The van der Waals surface area contributed by atoms with E-state index < -0.39 is 0 Å². The van der Waals surface area contributed by atoms with Gasteiger partial charge < -0.3 is 9.64 Å². The van der Waals surface area contributed by atoms with Crippen molar-refractivity contribution in [1.82, 2.24) is 19.6 Å². The summed E-state index contributed by atoms with van der Waals surface area (Å²) in [5, 5.41) is 8.19. The molecule has 0 saturated heterocycles. The van der Waals surface area contributed by atoms with Crippen molar-refractivity contribution in [2.75, 3.05) is 25.1 Å². The second-order valence-electron chi connectivity index (χ2n) is 4.92. The first-order chi connectivity index (χ1) is 10.6. The van der Waals surface area contributed by atoms with Crippen LogP contribution >= 0.6 is 0 Å². The summed E-state index contributed by atoms with van der Waals surface area (Å²) in [5.74, 6) is 1.74. The van der Waals surface area contributed by atoms with E-state index in [9.17, 15) is 4.39 Å². The lowest BCUT2D eigenvalue weighted by molar-refractivity contribution is 0.324. The van der Waals surface area contributed by atoms with Gasteiger partial charge in [0.25, 0.3) is 0 Å². The molecule has 0 spiro atoms. The zero-order chi connectivity index (χ0) is 15.5. The van der Waals surface area contributed by atoms with Gasteiger partial charge in [0, 0.05) is 25.5 Å². The Bertz CT molecular complexity index is 788. The molecule has 2 heterocycles. The fourth-order valence-corrected chi connectivity index (χ4v) is 2.16. The molecule has 6 nitrogen and oxygen atoms in total. The van der Waals surface area contributed by atoms with Gasteiger partial charge >= 0.3 is 0 Å². The third-order valence-corrected chi connectivity index (χ3v) is 3.33. The Morgan fingerprint density at radius 2 is 2.18 bits per heavy atom. The van der Waals surface area contributed by atoms with Gasteiger partial charge in [0.1, 0.15) is 24.0 Å². The minimum absolute atomic E-state index is 0.309. The van der Waals surface area contributed by atoms with E-state index in [1.54, 1.807) is 18.3 Å². The molecule has 22 heavy (non-hydrogen) atoms. The van der Waals surface area contributed by atoms with E-state index >= 15 is 0 Å². The standard InChI is InChI=1S/C15H16FN5O/c1-11-18-19-15-14(17-6-7-21(11)15)20(2)8-9-22-13-5-3-4-12(16)10-13/h3-7,10H,8-9H2,1-2H3. The summed E-state index contributed by atoms with van der Waals surface area (Å²) < 4.78 is 20.5.